The van der Waals surface area contributed by atoms with Gasteiger partial charge in [0.05, 0.1) is 6.54 Å². The van der Waals surface area contributed by atoms with Gasteiger partial charge in [0.25, 0.3) is 5.91 Å². The Morgan fingerprint density at radius 1 is 1.09 bits per heavy atom. The molecule has 1 aliphatic heterocycles. The molecule has 0 atom stereocenters. The van der Waals surface area contributed by atoms with Crippen molar-refractivity contribution >= 4 is 5.91 Å². The third kappa shape index (κ3) is 3.79. The van der Waals surface area contributed by atoms with Crippen LogP contribution in [-0.4, -0.2) is 58.2 Å². The molecule has 0 N–H and O–H groups in total. The van der Waals surface area contributed by atoms with Gasteiger partial charge in [0.2, 0.25) is 0 Å². The summed E-state index contributed by atoms with van der Waals surface area (Å²) < 4.78 is 1.95. The minimum atomic E-state index is 0.153. The van der Waals surface area contributed by atoms with Crippen LogP contribution in [0.25, 0.3) is 0 Å². The lowest BCUT2D eigenvalue weighted by molar-refractivity contribution is 0.0632. The van der Waals surface area contributed by atoms with E-state index in [9.17, 15) is 4.79 Å². The summed E-state index contributed by atoms with van der Waals surface area (Å²) >= 11 is 0. The molecule has 5 nitrogen and oxygen atoms in total. The average molecular weight is 312 g/mol. The number of hydrogen-bond acceptors (Lipinski definition) is 3. The third-order valence-electron chi connectivity index (χ3n) is 4.62. The molecule has 5 heteroatoms. The van der Waals surface area contributed by atoms with Crippen LogP contribution in [0.1, 0.15) is 21.5 Å². The van der Waals surface area contributed by atoms with Crippen LogP contribution < -0.4 is 0 Å². The van der Waals surface area contributed by atoms with Gasteiger partial charge in [-0.3, -0.25) is 14.4 Å². The summed E-state index contributed by atoms with van der Waals surface area (Å²) in [6.07, 6.45) is 3.79. The monoisotopic (exact) mass is 312 g/mol. The molecule has 1 fully saturated rings. The molecule has 1 aliphatic rings. The van der Waals surface area contributed by atoms with Crippen molar-refractivity contribution < 1.29 is 4.79 Å². The summed E-state index contributed by atoms with van der Waals surface area (Å²) in [6, 6.07) is 7.92. The van der Waals surface area contributed by atoms with Crippen LogP contribution in [0, 0.1) is 13.8 Å². The maximum absolute atomic E-state index is 12.6. The van der Waals surface area contributed by atoms with E-state index in [4.69, 9.17) is 0 Å². The number of aromatic nitrogens is 2. The maximum atomic E-state index is 12.6. The van der Waals surface area contributed by atoms with Crippen molar-refractivity contribution in [3.63, 3.8) is 0 Å². The van der Waals surface area contributed by atoms with Gasteiger partial charge in [-0.2, -0.15) is 5.10 Å². The molecule has 2 heterocycles. The van der Waals surface area contributed by atoms with E-state index in [-0.39, 0.29) is 5.91 Å². The standard InChI is InChI=1S/C18H24N4O/c1-15-4-5-17(14-16(15)2)18(23)21-11-8-20(9-12-21)10-13-22-7-3-6-19-22/h3-7,14H,8-13H2,1-2H3. The lowest BCUT2D eigenvalue weighted by Gasteiger charge is -2.34. The zero-order chi connectivity index (χ0) is 16.2. The van der Waals surface area contributed by atoms with Crippen molar-refractivity contribution in [1.29, 1.82) is 0 Å². The number of piperazine rings is 1. The highest BCUT2D eigenvalue weighted by Crippen LogP contribution is 2.13. The number of amides is 1. The number of hydrogen-bond donors (Lipinski definition) is 0. The van der Waals surface area contributed by atoms with Gasteiger partial charge in [0.15, 0.2) is 0 Å². The minimum Gasteiger partial charge on any atom is -0.336 e. The number of rotatable bonds is 4. The summed E-state index contributed by atoms with van der Waals surface area (Å²) in [4.78, 5) is 17.0. The average Bonchev–Trinajstić information content (AvgIpc) is 3.09. The van der Waals surface area contributed by atoms with E-state index in [1.165, 1.54) is 11.1 Å². The molecule has 0 radical (unpaired) electrons. The Bertz CT molecular complexity index is 658. The number of nitrogens with zero attached hydrogens (tertiary/aromatic N) is 4. The lowest BCUT2D eigenvalue weighted by atomic mass is 10.1. The molecule has 1 amide bonds. The topological polar surface area (TPSA) is 41.4 Å². The van der Waals surface area contributed by atoms with E-state index in [0.717, 1.165) is 44.8 Å². The van der Waals surface area contributed by atoms with E-state index in [0.29, 0.717) is 0 Å². The number of aryl methyl sites for hydroxylation is 2. The molecule has 0 aliphatic carbocycles. The Morgan fingerprint density at radius 3 is 2.52 bits per heavy atom. The molecular weight excluding hydrogens is 288 g/mol. The zero-order valence-electron chi connectivity index (χ0n) is 13.9. The van der Waals surface area contributed by atoms with Crippen LogP contribution in [0.2, 0.25) is 0 Å². The van der Waals surface area contributed by atoms with E-state index in [1.807, 2.05) is 40.0 Å². The smallest absolute Gasteiger partial charge is 0.253 e. The number of benzene rings is 1. The van der Waals surface area contributed by atoms with Crippen LogP contribution >= 0.6 is 0 Å². The van der Waals surface area contributed by atoms with Crippen molar-refractivity contribution in [1.82, 2.24) is 19.6 Å². The second kappa shape index (κ2) is 6.96. The van der Waals surface area contributed by atoms with Crippen molar-refractivity contribution in [3.8, 4) is 0 Å². The van der Waals surface area contributed by atoms with Gasteiger partial charge in [-0.25, -0.2) is 0 Å². The fraction of sp³-hybridized carbons (Fsp3) is 0.444. The minimum absolute atomic E-state index is 0.153. The molecule has 3 rings (SSSR count). The van der Waals surface area contributed by atoms with Gasteiger partial charge >= 0.3 is 0 Å². The largest absolute Gasteiger partial charge is 0.336 e. The van der Waals surface area contributed by atoms with Crippen molar-refractivity contribution in [3.05, 3.63) is 53.3 Å². The summed E-state index contributed by atoms with van der Waals surface area (Å²) in [5, 5.41) is 4.22. The molecule has 23 heavy (non-hydrogen) atoms. The van der Waals surface area contributed by atoms with Gasteiger partial charge in [0.1, 0.15) is 0 Å². The Labute approximate surface area is 137 Å². The maximum Gasteiger partial charge on any atom is 0.253 e. The molecule has 0 unspecified atom stereocenters. The number of carbonyl (C=O) groups is 1. The summed E-state index contributed by atoms with van der Waals surface area (Å²) in [7, 11) is 0. The van der Waals surface area contributed by atoms with Crippen LogP contribution in [0.5, 0.6) is 0 Å². The predicted octanol–water partition coefficient (Wildman–Crippen LogP) is 1.96. The van der Waals surface area contributed by atoms with Crippen LogP contribution in [0.15, 0.2) is 36.7 Å². The Hall–Kier alpha value is -2.14. The highest BCUT2D eigenvalue weighted by atomic mass is 16.2. The van der Waals surface area contributed by atoms with Gasteiger partial charge in [-0.1, -0.05) is 6.07 Å². The zero-order valence-corrected chi connectivity index (χ0v) is 13.9. The van der Waals surface area contributed by atoms with Crippen LogP contribution in [-0.2, 0) is 6.54 Å². The molecule has 122 valence electrons. The highest BCUT2D eigenvalue weighted by Gasteiger charge is 2.22. The Morgan fingerprint density at radius 2 is 1.87 bits per heavy atom. The van der Waals surface area contributed by atoms with Gasteiger partial charge in [0, 0.05) is 50.7 Å². The van der Waals surface area contributed by atoms with Crippen molar-refractivity contribution in [2.45, 2.75) is 20.4 Å². The first-order valence-corrected chi connectivity index (χ1v) is 8.20. The summed E-state index contributed by atoms with van der Waals surface area (Å²) in [5.74, 6) is 0.153. The molecule has 2 aromatic rings. The fourth-order valence-corrected chi connectivity index (χ4v) is 2.91. The van der Waals surface area contributed by atoms with E-state index >= 15 is 0 Å². The quantitative estimate of drug-likeness (QED) is 0.866. The van der Waals surface area contributed by atoms with Gasteiger partial charge in [-0.05, 0) is 43.2 Å². The van der Waals surface area contributed by atoms with E-state index in [1.54, 1.807) is 6.20 Å². The summed E-state index contributed by atoms with van der Waals surface area (Å²) in [5.41, 5.74) is 3.21. The summed E-state index contributed by atoms with van der Waals surface area (Å²) in [6.45, 7) is 9.46. The van der Waals surface area contributed by atoms with Crippen molar-refractivity contribution in [2.24, 2.45) is 0 Å². The Kier molecular flexibility index (Phi) is 4.76. The van der Waals surface area contributed by atoms with Gasteiger partial charge < -0.3 is 4.90 Å². The highest BCUT2D eigenvalue weighted by molar-refractivity contribution is 5.94. The molecular formula is C18H24N4O. The normalized spacial score (nSPS) is 15.8. The molecule has 1 aromatic carbocycles. The fourth-order valence-electron chi connectivity index (χ4n) is 2.91. The molecule has 1 aromatic heterocycles. The van der Waals surface area contributed by atoms with E-state index < -0.39 is 0 Å². The van der Waals surface area contributed by atoms with Gasteiger partial charge in [-0.15, -0.1) is 0 Å². The lowest BCUT2D eigenvalue weighted by Crippen LogP contribution is -2.49. The SMILES string of the molecule is Cc1ccc(C(=O)N2CCN(CCn3cccn3)CC2)cc1C. The van der Waals surface area contributed by atoms with E-state index in [2.05, 4.69) is 23.8 Å². The molecule has 0 saturated carbocycles. The first-order chi connectivity index (χ1) is 11.1. The van der Waals surface area contributed by atoms with Crippen molar-refractivity contribution in [2.75, 3.05) is 32.7 Å². The third-order valence-corrected chi connectivity index (χ3v) is 4.62. The second-order valence-corrected chi connectivity index (χ2v) is 6.20. The van der Waals surface area contributed by atoms with Crippen LogP contribution in [0.4, 0.5) is 0 Å². The van der Waals surface area contributed by atoms with Crippen LogP contribution in [0.3, 0.4) is 0 Å². The second-order valence-electron chi connectivity index (χ2n) is 6.20. The molecule has 0 bridgehead atoms. The first kappa shape index (κ1) is 15.7. The molecule has 0 spiro atoms. The number of carbonyl (C=O) groups excluding carboxylic acids is 1. The predicted molar refractivity (Wildman–Crippen MR) is 90.5 cm³/mol. The first-order valence-electron chi connectivity index (χ1n) is 8.20. The molecule has 1 saturated heterocycles. The Balaban J connectivity index is 1.51.